The van der Waals surface area contributed by atoms with Crippen LogP contribution in [0, 0.1) is 6.92 Å². The van der Waals surface area contributed by atoms with E-state index in [-0.39, 0.29) is 5.91 Å². The second-order valence-corrected chi connectivity index (χ2v) is 5.03. The molecule has 1 aromatic carbocycles. The van der Waals surface area contributed by atoms with Gasteiger partial charge >= 0.3 is 0 Å². The van der Waals surface area contributed by atoms with Crippen LogP contribution in [-0.4, -0.2) is 37.0 Å². The van der Waals surface area contributed by atoms with E-state index in [0.717, 1.165) is 13.0 Å². The molecule has 0 bridgehead atoms. The van der Waals surface area contributed by atoms with Gasteiger partial charge in [-0.05, 0) is 24.5 Å². The molecular formula is C15H24N2O. The van der Waals surface area contributed by atoms with Crippen molar-refractivity contribution in [1.29, 1.82) is 0 Å². The second kappa shape index (κ2) is 7.17. The van der Waals surface area contributed by atoms with Gasteiger partial charge in [0.2, 0.25) is 5.91 Å². The van der Waals surface area contributed by atoms with Crippen molar-refractivity contribution in [3.05, 3.63) is 35.4 Å². The maximum atomic E-state index is 11.8. The molecular weight excluding hydrogens is 224 g/mol. The summed E-state index contributed by atoms with van der Waals surface area (Å²) in [6.45, 7) is 7.38. The highest BCUT2D eigenvalue weighted by atomic mass is 16.2. The SMILES string of the molecule is Cc1ccccc1CCN(C)C(=O)CNC(C)C. The summed E-state index contributed by atoms with van der Waals surface area (Å²) < 4.78 is 0. The fourth-order valence-electron chi connectivity index (χ4n) is 1.73. The van der Waals surface area contributed by atoms with Gasteiger partial charge in [0.05, 0.1) is 6.54 Å². The summed E-state index contributed by atoms with van der Waals surface area (Å²) in [5.41, 5.74) is 2.60. The van der Waals surface area contributed by atoms with E-state index in [1.54, 1.807) is 4.90 Å². The second-order valence-electron chi connectivity index (χ2n) is 5.03. The average molecular weight is 248 g/mol. The lowest BCUT2D eigenvalue weighted by Gasteiger charge is -2.19. The van der Waals surface area contributed by atoms with Gasteiger partial charge in [-0.2, -0.15) is 0 Å². The van der Waals surface area contributed by atoms with Crippen LogP contribution in [-0.2, 0) is 11.2 Å². The standard InChI is InChI=1S/C15H24N2O/c1-12(2)16-11-15(18)17(4)10-9-14-8-6-5-7-13(14)3/h5-8,12,16H,9-11H2,1-4H3. The molecule has 0 saturated carbocycles. The van der Waals surface area contributed by atoms with Gasteiger partial charge in [0, 0.05) is 19.6 Å². The molecule has 100 valence electrons. The Balaban J connectivity index is 2.39. The third-order valence-electron chi connectivity index (χ3n) is 3.07. The lowest BCUT2D eigenvalue weighted by Crippen LogP contribution is -2.39. The van der Waals surface area contributed by atoms with Crippen molar-refractivity contribution in [2.75, 3.05) is 20.1 Å². The Morgan fingerprint density at radius 3 is 2.61 bits per heavy atom. The van der Waals surface area contributed by atoms with E-state index < -0.39 is 0 Å². The van der Waals surface area contributed by atoms with Gasteiger partial charge in [-0.25, -0.2) is 0 Å². The fourth-order valence-corrected chi connectivity index (χ4v) is 1.73. The van der Waals surface area contributed by atoms with Crippen LogP contribution in [0.2, 0.25) is 0 Å². The number of nitrogens with one attached hydrogen (secondary N) is 1. The van der Waals surface area contributed by atoms with Gasteiger partial charge in [0.1, 0.15) is 0 Å². The minimum Gasteiger partial charge on any atom is -0.344 e. The number of nitrogens with zero attached hydrogens (tertiary/aromatic N) is 1. The summed E-state index contributed by atoms with van der Waals surface area (Å²) in [5, 5.41) is 3.14. The predicted molar refractivity (Wildman–Crippen MR) is 75.7 cm³/mol. The Hall–Kier alpha value is -1.35. The van der Waals surface area contributed by atoms with Crippen LogP contribution >= 0.6 is 0 Å². The van der Waals surface area contributed by atoms with Gasteiger partial charge in [-0.3, -0.25) is 4.79 Å². The molecule has 0 fully saturated rings. The molecule has 1 rings (SSSR count). The summed E-state index contributed by atoms with van der Waals surface area (Å²) in [4.78, 5) is 13.6. The van der Waals surface area contributed by atoms with Crippen molar-refractivity contribution >= 4 is 5.91 Å². The van der Waals surface area contributed by atoms with E-state index in [1.165, 1.54) is 11.1 Å². The van der Waals surface area contributed by atoms with E-state index in [2.05, 4.69) is 24.4 Å². The molecule has 1 aromatic rings. The number of likely N-dealkylation sites (N-methyl/N-ethyl adjacent to an activating group) is 1. The molecule has 3 heteroatoms. The Morgan fingerprint density at radius 1 is 1.33 bits per heavy atom. The van der Waals surface area contributed by atoms with Crippen molar-refractivity contribution < 1.29 is 4.79 Å². The van der Waals surface area contributed by atoms with E-state index in [0.29, 0.717) is 12.6 Å². The molecule has 0 aliphatic rings. The number of benzene rings is 1. The Morgan fingerprint density at radius 2 is 2.00 bits per heavy atom. The van der Waals surface area contributed by atoms with Crippen molar-refractivity contribution in [2.24, 2.45) is 0 Å². The molecule has 0 atom stereocenters. The predicted octanol–water partition coefficient (Wildman–Crippen LogP) is 1.99. The van der Waals surface area contributed by atoms with Crippen LogP contribution < -0.4 is 5.32 Å². The summed E-state index contributed by atoms with van der Waals surface area (Å²) >= 11 is 0. The zero-order valence-electron chi connectivity index (χ0n) is 11.9. The molecule has 0 heterocycles. The normalized spacial score (nSPS) is 10.7. The molecule has 0 spiro atoms. The lowest BCUT2D eigenvalue weighted by molar-refractivity contribution is -0.129. The van der Waals surface area contributed by atoms with Crippen LogP contribution in [0.1, 0.15) is 25.0 Å². The Kier molecular flexibility index (Phi) is 5.86. The number of hydrogen-bond donors (Lipinski definition) is 1. The monoisotopic (exact) mass is 248 g/mol. The molecule has 0 aliphatic heterocycles. The molecule has 0 aromatic heterocycles. The first kappa shape index (κ1) is 14.7. The van der Waals surface area contributed by atoms with Gasteiger partial charge < -0.3 is 10.2 Å². The molecule has 3 nitrogen and oxygen atoms in total. The third-order valence-corrected chi connectivity index (χ3v) is 3.07. The zero-order valence-corrected chi connectivity index (χ0v) is 11.9. The van der Waals surface area contributed by atoms with Crippen LogP contribution in [0.5, 0.6) is 0 Å². The van der Waals surface area contributed by atoms with E-state index >= 15 is 0 Å². The highest BCUT2D eigenvalue weighted by molar-refractivity contribution is 5.78. The van der Waals surface area contributed by atoms with Gasteiger partial charge in [-0.1, -0.05) is 38.1 Å². The van der Waals surface area contributed by atoms with Crippen molar-refractivity contribution in [3.8, 4) is 0 Å². The molecule has 0 radical (unpaired) electrons. The third kappa shape index (κ3) is 4.88. The van der Waals surface area contributed by atoms with Gasteiger partial charge in [0.15, 0.2) is 0 Å². The molecule has 1 amide bonds. The number of carbonyl (C=O) groups excluding carboxylic acids is 1. The Labute approximate surface area is 110 Å². The first-order chi connectivity index (χ1) is 8.50. The fraction of sp³-hybridized carbons (Fsp3) is 0.533. The topological polar surface area (TPSA) is 32.3 Å². The smallest absolute Gasteiger partial charge is 0.236 e. The molecule has 18 heavy (non-hydrogen) atoms. The summed E-state index contributed by atoms with van der Waals surface area (Å²) in [7, 11) is 1.86. The summed E-state index contributed by atoms with van der Waals surface area (Å²) in [6, 6.07) is 8.67. The quantitative estimate of drug-likeness (QED) is 0.835. The number of carbonyl (C=O) groups is 1. The van der Waals surface area contributed by atoms with Crippen LogP contribution in [0.4, 0.5) is 0 Å². The van der Waals surface area contributed by atoms with Crippen LogP contribution in [0.3, 0.4) is 0 Å². The maximum absolute atomic E-state index is 11.8. The molecule has 1 N–H and O–H groups in total. The minimum atomic E-state index is 0.150. The molecule has 0 aliphatic carbocycles. The van der Waals surface area contributed by atoms with E-state index in [1.807, 2.05) is 33.0 Å². The van der Waals surface area contributed by atoms with Crippen LogP contribution in [0.25, 0.3) is 0 Å². The molecule has 0 saturated heterocycles. The highest BCUT2D eigenvalue weighted by Crippen LogP contribution is 2.08. The van der Waals surface area contributed by atoms with Crippen LogP contribution in [0.15, 0.2) is 24.3 Å². The average Bonchev–Trinajstić information content (AvgIpc) is 2.34. The number of hydrogen-bond acceptors (Lipinski definition) is 2. The Bertz CT molecular complexity index is 388. The maximum Gasteiger partial charge on any atom is 0.236 e. The van der Waals surface area contributed by atoms with Gasteiger partial charge in [-0.15, -0.1) is 0 Å². The number of aryl methyl sites for hydroxylation is 1. The van der Waals surface area contributed by atoms with Crippen molar-refractivity contribution in [2.45, 2.75) is 33.2 Å². The van der Waals surface area contributed by atoms with E-state index in [4.69, 9.17) is 0 Å². The number of amides is 1. The summed E-state index contributed by atoms with van der Waals surface area (Å²) in [6.07, 6.45) is 0.913. The zero-order chi connectivity index (χ0) is 13.5. The first-order valence-corrected chi connectivity index (χ1v) is 6.52. The minimum absolute atomic E-state index is 0.150. The van der Waals surface area contributed by atoms with Crippen molar-refractivity contribution in [1.82, 2.24) is 10.2 Å². The van der Waals surface area contributed by atoms with E-state index in [9.17, 15) is 4.79 Å². The summed E-state index contributed by atoms with van der Waals surface area (Å²) in [5.74, 6) is 0.150. The molecule has 0 unspecified atom stereocenters. The van der Waals surface area contributed by atoms with Crippen molar-refractivity contribution in [3.63, 3.8) is 0 Å². The largest absolute Gasteiger partial charge is 0.344 e. The van der Waals surface area contributed by atoms with Gasteiger partial charge in [0.25, 0.3) is 0 Å². The first-order valence-electron chi connectivity index (χ1n) is 6.52. The lowest BCUT2D eigenvalue weighted by atomic mass is 10.1. The number of rotatable bonds is 6. The highest BCUT2D eigenvalue weighted by Gasteiger charge is 2.09.